The van der Waals surface area contributed by atoms with Crippen LogP contribution in [-0.2, 0) is 22.5 Å². The molecule has 0 aliphatic heterocycles. The summed E-state index contributed by atoms with van der Waals surface area (Å²) >= 11 is 0. The molecular weight excluding hydrogens is 340 g/mol. The zero-order valence-corrected chi connectivity index (χ0v) is 15.9. The molecule has 5 heteroatoms. The van der Waals surface area contributed by atoms with Crippen molar-refractivity contribution in [3.8, 4) is 0 Å². The van der Waals surface area contributed by atoms with Gasteiger partial charge in [0.05, 0.1) is 19.2 Å². The van der Waals surface area contributed by atoms with Crippen LogP contribution in [0.1, 0.15) is 45.9 Å². The number of carbonyl (C=O) groups is 2. The Labute approximate surface area is 160 Å². The molecule has 0 unspecified atom stereocenters. The number of methoxy groups -OCH3 is 1. The van der Waals surface area contributed by atoms with Gasteiger partial charge in [-0.05, 0) is 55.1 Å². The summed E-state index contributed by atoms with van der Waals surface area (Å²) in [4.78, 5) is 26.0. The smallest absolute Gasteiger partial charge is 0.337 e. The van der Waals surface area contributed by atoms with Gasteiger partial charge in [0.15, 0.2) is 0 Å². The zero-order valence-electron chi connectivity index (χ0n) is 15.9. The van der Waals surface area contributed by atoms with Crippen LogP contribution in [0.25, 0.3) is 0 Å². The standard InChI is InChI=1S/C22H26N2O3/c1-24(20-9-5-7-17-6-3-4-8-19(17)20)15-21(25)23-14-16-10-12-18(13-11-16)22(26)27-2/h3-4,6,8,10-13,20H,5,7,9,14-15H2,1-2H3,(H,23,25)/t20-/m0/s1. The van der Waals surface area contributed by atoms with E-state index in [0.717, 1.165) is 24.8 Å². The molecule has 0 bridgehead atoms. The number of carbonyl (C=O) groups excluding carboxylic acids is 2. The average Bonchev–Trinajstić information content (AvgIpc) is 2.71. The Morgan fingerprint density at radius 2 is 1.89 bits per heavy atom. The molecule has 142 valence electrons. The van der Waals surface area contributed by atoms with Gasteiger partial charge < -0.3 is 10.1 Å². The van der Waals surface area contributed by atoms with Gasteiger partial charge in [-0.15, -0.1) is 0 Å². The van der Waals surface area contributed by atoms with Gasteiger partial charge in [0.2, 0.25) is 5.91 Å². The molecule has 0 fully saturated rings. The number of hydrogen-bond acceptors (Lipinski definition) is 4. The lowest BCUT2D eigenvalue weighted by Gasteiger charge is -2.32. The molecule has 0 spiro atoms. The van der Waals surface area contributed by atoms with Crippen LogP contribution in [0.2, 0.25) is 0 Å². The van der Waals surface area contributed by atoms with Gasteiger partial charge in [-0.25, -0.2) is 4.79 Å². The zero-order chi connectivity index (χ0) is 19.2. The van der Waals surface area contributed by atoms with Crippen LogP contribution in [0.15, 0.2) is 48.5 Å². The Kier molecular flexibility index (Phi) is 6.24. The maximum Gasteiger partial charge on any atom is 0.337 e. The third-order valence-electron chi connectivity index (χ3n) is 5.13. The summed E-state index contributed by atoms with van der Waals surface area (Å²) in [5.74, 6) is -0.363. The van der Waals surface area contributed by atoms with E-state index in [2.05, 4.69) is 39.2 Å². The first-order valence-electron chi connectivity index (χ1n) is 9.30. The van der Waals surface area contributed by atoms with Crippen LogP contribution in [0.3, 0.4) is 0 Å². The molecule has 1 N–H and O–H groups in total. The highest BCUT2D eigenvalue weighted by atomic mass is 16.5. The monoisotopic (exact) mass is 366 g/mol. The van der Waals surface area contributed by atoms with Crippen LogP contribution >= 0.6 is 0 Å². The van der Waals surface area contributed by atoms with Gasteiger partial charge in [-0.1, -0.05) is 36.4 Å². The largest absolute Gasteiger partial charge is 0.465 e. The molecule has 0 heterocycles. The molecule has 1 aliphatic rings. The predicted molar refractivity (Wildman–Crippen MR) is 104 cm³/mol. The van der Waals surface area contributed by atoms with Gasteiger partial charge in [0.1, 0.15) is 0 Å². The lowest BCUT2D eigenvalue weighted by molar-refractivity contribution is -0.122. The topological polar surface area (TPSA) is 58.6 Å². The number of benzene rings is 2. The van der Waals surface area contributed by atoms with Crippen molar-refractivity contribution in [3.63, 3.8) is 0 Å². The molecule has 0 saturated carbocycles. The van der Waals surface area contributed by atoms with Crippen LogP contribution in [0, 0.1) is 0 Å². The van der Waals surface area contributed by atoms with Crippen molar-refractivity contribution in [1.82, 2.24) is 10.2 Å². The summed E-state index contributed by atoms with van der Waals surface area (Å²) in [6, 6.07) is 15.9. The van der Waals surface area contributed by atoms with Crippen molar-refractivity contribution in [3.05, 3.63) is 70.8 Å². The first kappa shape index (κ1) is 19.1. The number of nitrogens with one attached hydrogen (secondary N) is 1. The van der Waals surface area contributed by atoms with E-state index < -0.39 is 0 Å². The van der Waals surface area contributed by atoms with Gasteiger partial charge in [-0.3, -0.25) is 9.69 Å². The maximum atomic E-state index is 12.4. The summed E-state index contributed by atoms with van der Waals surface area (Å²) in [6.45, 7) is 0.800. The van der Waals surface area contributed by atoms with Crippen LogP contribution in [0.4, 0.5) is 0 Å². The van der Waals surface area contributed by atoms with E-state index in [4.69, 9.17) is 0 Å². The van der Waals surface area contributed by atoms with E-state index in [1.54, 1.807) is 12.1 Å². The Morgan fingerprint density at radius 1 is 1.15 bits per heavy atom. The van der Waals surface area contributed by atoms with E-state index in [1.807, 2.05) is 19.2 Å². The number of ether oxygens (including phenoxy) is 1. The van der Waals surface area contributed by atoms with Crippen molar-refractivity contribution < 1.29 is 14.3 Å². The first-order chi connectivity index (χ1) is 13.1. The number of likely N-dealkylation sites (N-methyl/N-ethyl adjacent to an activating group) is 1. The third-order valence-corrected chi connectivity index (χ3v) is 5.13. The average molecular weight is 366 g/mol. The van der Waals surface area contributed by atoms with Crippen molar-refractivity contribution in [1.29, 1.82) is 0 Å². The summed E-state index contributed by atoms with van der Waals surface area (Å²) in [5.41, 5.74) is 4.19. The van der Waals surface area contributed by atoms with E-state index in [-0.39, 0.29) is 11.9 Å². The van der Waals surface area contributed by atoms with E-state index in [9.17, 15) is 9.59 Å². The number of amides is 1. The molecule has 1 aliphatic carbocycles. The lowest BCUT2D eigenvalue weighted by atomic mass is 9.87. The summed E-state index contributed by atoms with van der Waals surface area (Å²) in [6.07, 6.45) is 3.35. The van der Waals surface area contributed by atoms with Crippen LogP contribution < -0.4 is 5.32 Å². The van der Waals surface area contributed by atoms with Crippen LogP contribution in [0.5, 0.6) is 0 Å². The molecule has 1 atom stereocenters. The first-order valence-corrected chi connectivity index (χ1v) is 9.30. The summed E-state index contributed by atoms with van der Waals surface area (Å²) in [7, 11) is 3.37. The number of nitrogens with zero attached hydrogens (tertiary/aromatic N) is 1. The minimum atomic E-state index is -0.361. The molecule has 0 aromatic heterocycles. The fraction of sp³-hybridized carbons (Fsp3) is 0.364. The van der Waals surface area contributed by atoms with Crippen molar-refractivity contribution in [2.24, 2.45) is 0 Å². The van der Waals surface area contributed by atoms with E-state index in [1.165, 1.54) is 18.2 Å². The quantitative estimate of drug-likeness (QED) is 0.798. The highest BCUT2D eigenvalue weighted by Gasteiger charge is 2.24. The van der Waals surface area contributed by atoms with Crippen molar-refractivity contribution >= 4 is 11.9 Å². The SMILES string of the molecule is COC(=O)c1ccc(CNC(=O)CN(C)[C@H]2CCCc3ccccc32)cc1. The highest BCUT2D eigenvalue weighted by molar-refractivity contribution is 5.89. The molecular formula is C22H26N2O3. The van der Waals surface area contributed by atoms with Crippen molar-refractivity contribution in [2.75, 3.05) is 20.7 Å². The molecule has 2 aromatic carbocycles. The molecule has 5 nitrogen and oxygen atoms in total. The Morgan fingerprint density at radius 3 is 2.63 bits per heavy atom. The summed E-state index contributed by atoms with van der Waals surface area (Å²) in [5, 5.41) is 2.96. The number of fused-ring (bicyclic) bond motifs is 1. The van der Waals surface area contributed by atoms with Crippen molar-refractivity contribution in [2.45, 2.75) is 31.8 Å². The third kappa shape index (κ3) is 4.74. The number of aryl methyl sites for hydroxylation is 1. The summed E-state index contributed by atoms with van der Waals surface area (Å²) < 4.78 is 4.69. The van der Waals surface area contributed by atoms with E-state index in [0.29, 0.717) is 24.7 Å². The molecule has 2 aromatic rings. The Bertz CT molecular complexity index is 801. The lowest BCUT2D eigenvalue weighted by Crippen LogP contribution is -2.37. The Hall–Kier alpha value is -2.66. The normalized spacial score (nSPS) is 15.9. The minimum absolute atomic E-state index is 0.00222. The van der Waals surface area contributed by atoms with E-state index >= 15 is 0 Å². The Balaban J connectivity index is 1.53. The molecule has 0 saturated heterocycles. The predicted octanol–water partition coefficient (Wildman–Crippen LogP) is 3.10. The van der Waals surface area contributed by atoms with Gasteiger partial charge in [-0.2, -0.15) is 0 Å². The van der Waals surface area contributed by atoms with Gasteiger partial charge in [0, 0.05) is 12.6 Å². The molecule has 3 rings (SSSR count). The number of rotatable bonds is 6. The molecule has 1 amide bonds. The minimum Gasteiger partial charge on any atom is -0.465 e. The second-order valence-electron chi connectivity index (χ2n) is 6.99. The number of hydrogen-bond donors (Lipinski definition) is 1. The molecule has 0 radical (unpaired) electrons. The maximum absolute atomic E-state index is 12.4. The fourth-order valence-electron chi connectivity index (χ4n) is 3.66. The molecule has 27 heavy (non-hydrogen) atoms. The van der Waals surface area contributed by atoms with Gasteiger partial charge >= 0.3 is 5.97 Å². The fourth-order valence-corrected chi connectivity index (χ4v) is 3.66. The number of esters is 1. The van der Waals surface area contributed by atoms with Gasteiger partial charge in [0.25, 0.3) is 0 Å². The van der Waals surface area contributed by atoms with Crippen LogP contribution in [-0.4, -0.2) is 37.5 Å². The highest BCUT2D eigenvalue weighted by Crippen LogP contribution is 2.33. The second kappa shape index (κ2) is 8.82. The second-order valence-corrected chi connectivity index (χ2v) is 6.99.